The second-order valence-electron chi connectivity index (χ2n) is 5.81. The van der Waals surface area contributed by atoms with Crippen molar-refractivity contribution in [3.05, 3.63) is 36.0 Å². The van der Waals surface area contributed by atoms with Gasteiger partial charge in [-0.2, -0.15) is 0 Å². The second kappa shape index (κ2) is 4.77. The molecule has 1 saturated heterocycles. The van der Waals surface area contributed by atoms with Crippen molar-refractivity contribution in [2.45, 2.75) is 24.7 Å². The number of pyridine rings is 1. The Morgan fingerprint density at radius 2 is 2.10 bits per heavy atom. The zero-order valence-corrected chi connectivity index (χ0v) is 11.6. The number of fused-ring (bicyclic) bond motifs is 1. The van der Waals surface area contributed by atoms with E-state index in [1.165, 1.54) is 0 Å². The minimum Gasteiger partial charge on any atom is -0.367 e. The molecule has 0 aliphatic carbocycles. The van der Waals surface area contributed by atoms with E-state index in [0.29, 0.717) is 19.5 Å². The second-order valence-corrected chi connectivity index (χ2v) is 5.81. The topological polar surface area (TPSA) is 54.5 Å². The predicted molar refractivity (Wildman–Crippen MR) is 82.7 cm³/mol. The summed E-state index contributed by atoms with van der Waals surface area (Å²) < 4.78 is 13.8. The standard InChI is InChI=1S/C16H17FN4/c17-10-6-11(18)9-21(8-10)15-4-3-12(14-7-20-14)16-13(15)2-1-5-19-16/h1-5,7,10-11,14H,6,8-9,18H2/t10-,11+,14?/m0/s1. The highest BCUT2D eigenvalue weighted by Gasteiger charge is 2.27. The van der Waals surface area contributed by atoms with E-state index in [-0.39, 0.29) is 12.1 Å². The van der Waals surface area contributed by atoms with Crippen molar-refractivity contribution < 1.29 is 4.39 Å². The van der Waals surface area contributed by atoms with Crippen LogP contribution in [0.2, 0.25) is 0 Å². The van der Waals surface area contributed by atoms with Crippen molar-refractivity contribution in [2.75, 3.05) is 18.0 Å². The van der Waals surface area contributed by atoms with Gasteiger partial charge in [0.15, 0.2) is 0 Å². The van der Waals surface area contributed by atoms with Gasteiger partial charge in [-0.05, 0) is 24.6 Å². The Morgan fingerprint density at radius 3 is 2.86 bits per heavy atom. The van der Waals surface area contributed by atoms with E-state index >= 15 is 0 Å². The first kappa shape index (κ1) is 12.7. The summed E-state index contributed by atoms with van der Waals surface area (Å²) in [4.78, 5) is 10.8. The third-order valence-corrected chi connectivity index (χ3v) is 4.17. The smallest absolute Gasteiger partial charge is 0.119 e. The van der Waals surface area contributed by atoms with Crippen LogP contribution in [0.25, 0.3) is 10.9 Å². The number of rotatable bonds is 2. The van der Waals surface area contributed by atoms with Crippen LogP contribution < -0.4 is 10.6 Å². The molecule has 4 rings (SSSR count). The van der Waals surface area contributed by atoms with Gasteiger partial charge in [0, 0.05) is 48.2 Å². The summed E-state index contributed by atoms with van der Waals surface area (Å²) in [6.45, 7) is 1.08. The minimum absolute atomic E-state index is 0.119. The van der Waals surface area contributed by atoms with E-state index < -0.39 is 6.17 Å². The molecular formula is C16H17FN4. The van der Waals surface area contributed by atoms with Crippen molar-refractivity contribution in [2.24, 2.45) is 10.7 Å². The molecule has 0 bridgehead atoms. The highest BCUT2D eigenvalue weighted by atomic mass is 19.1. The van der Waals surface area contributed by atoms with Crippen LogP contribution in [0.1, 0.15) is 18.0 Å². The monoisotopic (exact) mass is 284 g/mol. The zero-order chi connectivity index (χ0) is 14.4. The average molecular weight is 284 g/mol. The number of nitrogens with two attached hydrogens (primary N) is 1. The molecule has 21 heavy (non-hydrogen) atoms. The lowest BCUT2D eigenvalue weighted by Gasteiger charge is -2.35. The third-order valence-electron chi connectivity index (χ3n) is 4.17. The lowest BCUT2D eigenvalue weighted by molar-refractivity contribution is 0.269. The van der Waals surface area contributed by atoms with E-state index in [4.69, 9.17) is 5.73 Å². The van der Waals surface area contributed by atoms with E-state index in [2.05, 4.69) is 16.0 Å². The van der Waals surface area contributed by atoms with Crippen LogP contribution in [0.4, 0.5) is 10.1 Å². The first-order valence-corrected chi connectivity index (χ1v) is 7.28. The number of benzene rings is 1. The van der Waals surface area contributed by atoms with Gasteiger partial charge in [-0.25, -0.2) is 4.39 Å². The molecule has 2 aromatic rings. The lowest BCUT2D eigenvalue weighted by atomic mass is 10.0. The van der Waals surface area contributed by atoms with Gasteiger partial charge in [0.2, 0.25) is 0 Å². The molecule has 0 amide bonds. The molecule has 2 aliphatic rings. The highest BCUT2D eigenvalue weighted by molar-refractivity contribution is 5.97. The van der Waals surface area contributed by atoms with Gasteiger partial charge < -0.3 is 10.6 Å². The summed E-state index contributed by atoms with van der Waals surface area (Å²) in [5.74, 6) is 0. The highest BCUT2D eigenvalue weighted by Crippen LogP contribution is 2.35. The summed E-state index contributed by atoms with van der Waals surface area (Å²) in [6, 6.07) is 8.10. The molecule has 1 fully saturated rings. The maximum atomic E-state index is 13.8. The molecule has 0 saturated carbocycles. The summed E-state index contributed by atoms with van der Waals surface area (Å²) in [7, 11) is 0. The maximum absolute atomic E-state index is 13.8. The fourth-order valence-corrected chi connectivity index (χ4v) is 3.17. The molecule has 3 heterocycles. The predicted octanol–water partition coefficient (Wildman–Crippen LogP) is 2.24. The Kier molecular flexibility index (Phi) is 2.89. The number of aliphatic imine (C=N–C) groups is 1. The number of aromatic nitrogens is 1. The summed E-state index contributed by atoms with van der Waals surface area (Å²) >= 11 is 0. The summed E-state index contributed by atoms with van der Waals surface area (Å²) in [5.41, 5.74) is 9.05. The molecule has 1 aromatic heterocycles. The molecule has 3 atom stereocenters. The zero-order valence-electron chi connectivity index (χ0n) is 11.6. The Bertz CT molecular complexity index is 698. The molecule has 2 N–H and O–H groups in total. The van der Waals surface area contributed by atoms with Crippen LogP contribution in [0, 0.1) is 0 Å². The number of halogens is 1. The molecule has 0 spiro atoms. The number of alkyl halides is 1. The normalized spacial score (nSPS) is 28.1. The van der Waals surface area contributed by atoms with Crippen molar-refractivity contribution in [1.29, 1.82) is 0 Å². The molecule has 2 aliphatic heterocycles. The van der Waals surface area contributed by atoms with E-state index in [1.54, 1.807) is 6.20 Å². The Morgan fingerprint density at radius 1 is 1.24 bits per heavy atom. The van der Waals surface area contributed by atoms with Gasteiger partial charge in [0.1, 0.15) is 12.2 Å². The van der Waals surface area contributed by atoms with Gasteiger partial charge in [-0.15, -0.1) is 0 Å². The van der Waals surface area contributed by atoms with Crippen molar-refractivity contribution in [3.8, 4) is 0 Å². The van der Waals surface area contributed by atoms with Crippen LogP contribution in [0.15, 0.2) is 35.5 Å². The van der Waals surface area contributed by atoms with E-state index in [1.807, 2.05) is 29.3 Å². The summed E-state index contributed by atoms with van der Waals surface area (Å²) in [6.07, 6.45) is 3.28. The fourth-order valence-electron chi connectivity index (χ4n) is 3.17. The number of hydrogen-bond acceptors (Lipinski definition) is 4. The minimum atomic E-state index is -0.869. The van der Waals surface area contributed by atoms with Crippen molar-refractivity contribution in [1.82, 2.24) is 4.98 Å². The Labute approximate surface area is 122 Å². The van der Waals surface area contributed by atoms with Gasteiger partial charge in [-0.3, -0.25) is 9.98 Å². The first-order valence-electron chi connectivity index (χ1n) is 7.28. The number of hydrogen-bond donors (Lipinski definition) is 1. The van der Waals surface area contributed by atoms with Gasteiger partial charge in [-0.1, -0.05) is 6.07 Å². The van der Waals surface area contributed by atoms with Gasteiger partial charge in [0.25, 0.3) is 0 Å². The van der Waals surface area contributed by atoms with E-state index in [0.717, 1.165) is 22.2 Å². The van der Waals surface area contributed by atoms with Crippen LogP contribution in [-0.4, -0.2) is 36.5 Å². The fraction of sp³-hybridized carbons (Fsp3) is 0.375. The third kappa shape index (κ3) is 2.27. The first-order chi connectivity index (χ1) is 10.2. The SMILES string of the molecule is N[C@@H]1C[C@H](F)CN(c2ccc(C3C=N3)c3ncccc23)C1. The van der Waals surface area contributed by atoms with Gasteiger partial charge >= 0.3 is 0 Å². The quantitative estimate of drug-likeness (QED) is 0.920. The molecule has 1 unspecified atom stereocenters. The van der Waals surface area contributed by atoms with Crippen LogP contribution in [-0.2, 0) is 0 Å². The van der Waals surface area contributed by atoms with E-state index in [9.17, 15) is 4.39 Å². The average Bonchev–Trinajstić information content (AvgIpc) is 3.29. The van der Waals surface area contributed by atoms with Crippen LogP contribution in [0.5, 0.6) is 0 Å². The number of anilines is 1. The molecule has 0 radical (unpaired) electrons. The van der Waals surface area contributed by atoms with Crippen molar-refractivity contribution in [3.63, 3.8) is 0 Å². The molecule has 4 nitrogen and oxygen atoms in total. The van der Waals surface area contributed by atoms with Crippen LogP contribution in [0.3, 0.4) is 0 Å². The Hall–Kier alpha value is -2.01. The lowest BCUT2D eigenvalue weighted by Crippen LogP contribution is -2.48. The molecule has 1 aromatic carbocycles. The maximum Gasteiger partial charge on any atom is 0.119 e. The summed E-state index contributed by atoms with van der Waals surface area (Å²) in [5, 5.41) is 1.05. The van der Waals surface area contributed by atoms with Gasteiger partial charge in [0.05, 0.1) is 5.52 Å². The Balaban J connectivity index is 1.80. The number of nitrogens with zero attached hydrogens (tertiary/aromatic N) is 3. The van der Waals surface area contributed by atoms with Crippen molar-refractivity contribution >= 4 is 22.8 Å². The largest absolute Gasteiger partial charge is 0.367 e. The van der Waals surface area contributed by atoms with Crippen LogP contribution >= 0.6 is 0 Å². The molecule has 5 heteroatoms. The number of piperidine rings is 1. The molecule has 108 valence electrons. The molecular weight excluding hydrogens is 267 g/mol.